The van der Waals surface area contributed by atoms with Gasteiger partial charge < -0.3 is 33.4 Å². The summed E-state index contributed by atoms with van der Waals surface area (Å²) >= 11 is 0. The molecule has 0 saturated heterocycles. The zero-order valence-corrected chi connectivity index (χ0v) is 29.1. The molecule has 284 valence electrons. The summed E-state index contributed by atoms with van der Waals surface area (Å²) < 4.78 is 28.5. The Kier molecular flexibility index (Phi) is 12.5. The lowest BCUT2D eigenvalue weighted by molar-refractivity contribution is -0.790. The molecule has 0 aliphatic heterocycles. The molecule has 0 aliphatic carbocycles. The van der Waals surface area contributed by atoms with Crippen molar-refractivity contribution in [1.29, 1.82) is 0 Å². The van der Waals surface area contributed by atoms with Crippen molar-refractivity contribution in [2.75, 3.05) is 33.0 Å². The summed E-state index contributed by atoms with van der Waals surface area (Å²) in [5.74, 6) is -2.16. The Morgan fingerprint density at radius 2 is 1.69 bits per heavy atom. The molecule has 1 atom stereocenters. The van der Waals surface area contributed by atoms with Crippen molar-refractivity contribution in [3.8, 4) is 28.5 Å². The van der Waals surface area contributed by atoms with Crippen LogP contribution >= 0.6 is 0 Å². The van der Waals surface area contributed by atoms with Gasteiger partial charge in [0.2, 0.25) is 5.82 Å². The molecule has 0 saturated carbocycles. The molecule has 0 amide bonds. The van der Waals surface area contributed by atoms with Gasteiger partial charge in [-0.2, -0.15) is 10.2 Å². The Balaban J connectivity index is 1.24. The van der Waals surface area contributed by atoms with Crippen molar-refractivity contribution in [2.45, 2.75) is 39.2 Å². The molecule has 1 N–H and O–H groups in total. The fourth-order valence-electron chi connectivity index (χ4n) is 5.20. The van der Waals surface area contributed by atoms with E-state index in [0.717, 1.165) is 22.3 Å². The average molecular weight is 751 g/mol. The summed E-state index contributed by atoms with van der Waals surface area (Å²) in [4.78, 5) is 59.8. The second-order valence-corrected chi connectivity index (χ2v) is 11.6. The van der Waals surface area contributed by atoms with Crippen LogP contribution in [0, 0.1) is 20.2 Å². The maximum Gasteiger partial charge on any atom is 0.511 e. The van der Waals surface area contributed by atoms with E-state index in [1.54, 1.807) is 22.8 Å². The first kappa shape index (κ1) is 38.3. The maximum absolute atomic E-state index is 13.6. The highest BCUT2D eigenvalue weighted by atomic mass is 17.0. The van der Waals surface area contributed by atoms with Gasteiger partial charge in [-0.1, -0.05) is 54.6 Å². The Hall–Kier alpha value is -6.90. The second-order valence-electron chi connectivity index (χ2n) is 11.6. The van der Waals surface area contributed by atoms with Gasteiger partial charge in [0.25, 0.3) is 22.0 Å². The largest absolute Gasteiger partial charge is 0.511 e. The number of tetrazole rings is 1. The number of nitrogens with zero attached hydrogens (tertiary/aromatic N) is 7. The summed E-state index contributed by atoms with van der Waals surface area (Å²) in [7, 11) is 0. The van der Waals surface area contributed by atoms with Crippen molar-refractivity contribution in [3.05, 3.63) is 98.1 Å². The molecular weight excluding hydrogens is 716 g/mol. The number of esters is 1. The molecule has 3 aromatic carbocycles. The molecule has 0 radical (unpaired) electrons. The summed E-state index contributed by atoms with van der Waals surface area (Å²) in [6, 6.07) is 20.7. The third kappa shape index (κ3) is 10.1. The van der Waals surface area contributed by atoms with Gasteiger partial charge in [0, 0.05) is 19.4 Å². The van der Waals surface area contributed by atoms with Crippen LogP contribution in [0.4, 0.5) is 4.79 Å². The number of nitrogens with one attached hydrogen (secondary N) is 1. The monoisotopic (exact) mass is 750 g/mol. The first-order valence-corrected chi connectivity index (χ1v) is 16.2. The van der Waals surface area contributed by atoms with Gasteiger partial charge in [-0.05, 0) is 41.0 Å². The van der Waals surface area contributed by atoms with Crippen molar-refractivity contribution in [3.63, 3.8) is 0 Å². The predicted octanol–water partition coefficient (Wildman–Crippen LogP) is 4.18. The highest BCUT2D eigenvalue weighted by Gasteiger charge is 2.31. The number of fused-ring (bicyclic) bond motifs is 1. The quantitative estimate of drug-likeness (QED) is 0.0408. The number of carbonyl (C=O) groups excluding carboxylic acids is 2. The van der Waals surface area contributed by atoms with E-state index < -0.39 is 47.4 Å². The van der Waals surface area contributed by atoms with Crippen molar-refractivity contribution in [1.82, 2.24) is 30.2 Å². The molecule has 21 nitrogen and oxygen atoms in total. The van der Waals surface area contributed by atoms with Crippen LogP contribution in [-0.2, 0) is 35.2 Å². The molecular formula is C33H34N8O13. The van der Waals surface area contributed by atoms with E-state index in [0.29, 0.717) is 23.5 Å². The molecule has 54 heavy (non-hydrogen) atoms. The van der Waals surface area contributed by atoms with Crippen molar-refractivity contribution >= 4 is 23.2 Å². The van der Waals surface area contributed by atoms with E-state index in [4.69, 9.17) is 23.7 Å². The zero-order valence-electron chi connectivity index (χ0n) is 29.1. The van der Waals surface area contributed by atoms with Crippen LogP contribution in [0.3, 0.4) is 0 Å². The minimum absolute atomic E-state index is 0.127. The molecule has 5 aromatic rings. The lowest BCUT2D eigenvalue weighted by atomic mass is 9.98. The topological polar surface area (TPSA) is 257 Å². The van der Waals surface area contributed by atoms with Crippen LogP contribution in [0.5, 0.6) is 6.01 Å². The molecule has 0 aliphatic rings. The minimum Gasteiger partial charge on any atom is -0.465 e. The van der Waals surface area contributed by atoms with E-state index in [9.17, 15) is 29.8 Å². The second kappa shape index (κ2) is 17.5. The fourth-order valence-corrected chi connectivity index (χ4v) is 5.20. The van der Waals surface area contributed by atoms with E-state index >= 15 is 0 Å². The fraction of sp³-hybridized carbons (Fsp3) is 0.333. The van der Waals surface area contributed by atoms with Gasteiger partial charge in [0.05, 0.1) is 43.0 Å². The number of hydrogen-bond acceptors (Lipinski definition) is 17. The number of carbonyl (C=O) groups is 2. The van der Waals surface area contributed by atoms with Gasteiger partial charge in [-0.15, -0.1) is 30.4 Å². The first-order valence-electron chi connectivity index (χ1n) is 16.2. The van der Waals surface area contributed by atoms with E-state index in [1.807, 2.05) is 55.5 Å². The average Bonchev–Trinajstić information content (AvgIpc) is 3.79. The summed E-state index contributed by atoms with van der Waals surface area (Å²) in [5, 5.41) is 33.0. The molecule has 0 spiro atoms. The van der Waals surface area contributed by atoms with E-state index in [1.165, 1.54) is 13.8 Å². The number of imidazole rings is 1. The van der Waals surface area contributed by atoms with Gasteiger partial charge in [-0.25, -0.2) is 9.59 Å². The maximum atomic E-state index is 13.6. The summed E-state index contributed by atoms with van der Waals surface area (Å²) in [5.41, 5.74) is 4.54. The number of hydrogen-bond donors (Lipinski definition) is 1. The number of ether oxygens (including phenoxy) is 5. The molecule has 2 heterocycles. The summed E-state index contributed by atoms with van der Waals surface area (Å²) in [6.45, 7) is 3.17. The van der Waals surface area contributed by atoms with Crippen LogP contribution in [0.2, 0.25) is 0 Å². The molecule has 0 bridgehead atoms. The molecule has 5 rings (SSSR count). The Labute approximate surface area is 305 Å². The predicted molar refractivity (Wildman–Crippen MR) is 183 cm³/mol. The van der Waals surface area contributed by atoms with Gasteiger partial charge in [0.15, 0.2) is 6.10 Å². The number of aromatic amines is 1. The Bertz CT molecular complexity index is 2070. The molecule has 0 fully saturated rings. The lowest BCUT2D eigenvalue weighted by Crippen LogP contribution is -2.34. The number of para-hydroxylation sites is 1. The Morgan fingerprint density at radius 1 is 0.926 bits per heavy atom. The highest BCUT2D eigenvalue weighted by molar-refractivity contribution is 6.02. The van der Waals surface area contributed by atoms with E-state index in [-0.39, 0.29) is 31.3 Å². The summed E-state index contributed by atoms with van der Waals surface area (Å²) in [6.07, 6.45) is -2.62. The zero-order chi connectivity index (χ0) is 38.7. The van der Waals surface area contributed by atoms with Crippen molar-refractivity contribution < 1.29 is 53.1 Å². The normalized spacial score (nSPS) is 11.8. The molecule has 21 heteroatoms. The SMILES string of the molecule is CCOc1nc2cccc(C(=O)OC(C)(C)OC(=O)OCCOC[C@H](CO[N+](=O)[O-])O[N+](=O)[O-])c2n1Cc1ccc(-c2ccccc2-c2nn[nH]n2)cc1. The molecule has 0 unspecified atom stereocenters. The van der Waals surface area contributed by atoms with Gasteiger partial charge >= 0.3 is 12.1 Å². The Morgan fingerprint density at radius 3 is 2.37 bits per heavy atom. The number of benzene rings is 3. The van der Waals surface area contributed by atoms with Gasteiger partial charge in [-0.3, -0.25) is 4.57 Å². The third-order valence-electron chi connectivity index (χ3n) is 7.36. The van der Waals surface area contributed by atoms with Crippen LogP contribution in [0.1, 0.15) is 36.7 Å². The third-order valence-corrected chi connectivity index (χ3v) is 7.36. The van der Waals surface area contributed by atoms with Crippen LogP contribution in [0.25, 0.3) is 33.5 Å². The lowest BCUT2D eigenvalue weighted by Gasteiger charge is -2.24. The van der Waals surface area contributed by atoms with Gasteiger partial charge in [0.1, 0.15) is 13.2 Å². The number of H-pyrrole nitrogens is 1. The van der Waals surface area contributed by atoms with Crippen LogP contribution in [0.15, 0.2) is 66.7 Å². The molecule has 2 aromatic heterocycles. The minimum atomic E-state index is -1.80. The number of rotatable bonds is 19. The first-order chi connectivity index (χ1) is 25.9. The standard InChI is InChI=1S/C33H34N8O13/c1-4-49-31-34-27-11-7-10-26(30(42)52-33(2,3)53-32(43)50-17-16-48-19-23(54-41(46)47)20-51-40(44)45)28(27)39(31)18-21-12-14-22(15-13-21)24-8-5-6-9-25(24)29-35-37-38-36-29/h5-15,23H,4,16-20H2,1-3H3,(H,35,36,37,38)/t23-/m1/s1. The number of aromatic nitrogens is 6. The van der Waals surface area contributed by atoms with Crippen molar-refractivity contribution in [2.24, 2.45) is 0 Å². The smallest absolute Gasteiger partial charge is 0.465 e. The van der Waals surface area contributed by atoms with Crippen LogP contribution < -0.4 is 4.74 Å². The van der Waals surface area contributed by atoms with E-state index in [2.05, 4.69) is 35.3 Å². The van der Waals surface area contributed by atoms with Crippen LogP contribution in [-0.4, -0.2) is 97.4 Å². The highest BCUT2D eigenvalue weighted by Crippen LogP contribution is 2.31.